The van der Waals surface area contributed by atoms with Gasteiger partial charge in [0.15, 0.2) is 0 Å². The summed E-state index contributed by atoms with van der Waals surface area (Å²) in [6, 6.07) is 7.72. The zero-order chi connectivity index (χ0) is 11.6. The first-order chi connectivity index (χ1) is 7.61. The highest BCUT2D eigenvalue weighted by Gasteiger charge is 2.22. The molecule has 2 N–H and O–H groups in total. The summed E-state index contributed by atoms with van der Waals surface area (Å²) in [4.78, 5) is 0. The molecule has 0 radical (unpaired) electrons. The van der Waals surface area contributed by atoms with E-state index in [1.807, 2.05) is 24.3 Å². The molecule has 4 nitrogen and oxygen atoms in total. The standard InChI is InChI=1S/C11H16N2O2S.2ClH/c1-15-10-4-2-9(3-5-10)11-8-16(12,14)7-6-13-11;;/h2-5,11-13H,6-8H2,1H3;2*1H. The van der Waals surface area contributed by atoms with E-state index in [1.165, 1.54) is 0 Å². The Hall–Kier alpha value is -0.490. The molecule has 7 heteroatoms. The van der Waals surface area contributed by atoms with Crippen molar-refractivity contribution in [2.45, 2.75) is 6.04 Å². The van der Waals surface area contributed by atoms with E-state index in [0.717, 1.165) is 11.3 Å². The maximum atomic E-state index is 11.7. The molecule has 2 rings (SSSR count). The Morgan fingerprint density at radius 1 is 1.33 bits per heavy atom. The van der Waals surface area contributed by atoms with Crippen molar-refractivity contribution in [2.24, 2.45) is 0 Å². The summed E-state index contributed by atoms with van der Waals surface area (Å²) in [5.74, 6) is 1.67. The maximum absolute atomic E-state index is 11.7. The second-order valence-electron chi connectivity index (χ2n) is 3.96. The van der Waals surface area contributed by atoms with Crippen LogP contribution in [0.25, 0.3) is 0 Å². The number of hydrogen-bond acceptors (Lipinski definition) is 4. The van der Waals surface area contributed by atoms with Crippen molar-refractivity contribution in [1.29, 1.82) is 4.78 Å². The first-order valence-corrected chi connectivity index (χ1v) is 7.12. The van der Waals surface area contributed by atoms with Crippen LogP contribution in [0.4, 0.5) is 0 Å². The minimum Gasteiger partial charge on any atom is -0.497 e. The van der Waals surface area contributed by atoms with E-state index in [0.29, 0.717) is 18.1 Å². The van der Waals surface area contributed by atoms with Gasteiger partial charge in [0, 0.05) is 28.1 Å². The largest absolute Gasteiger partial charge is 0.497 e. The SMILES string of the molecule is COc1ccc(C2CS(=N)(=O)CCN2)cc1.Cl.Cl. The van der Waals surface area contributed by atoms with Gasteiger partial charge in [0.1, 0.15) is 5.75 Å². The third kappa shape index (κ3) is 4.31. The smallest absolute Gasteiger partial charge is 0.118 e. The maximum Gasteiger partial charge on any atom is 0.118 e. The number of benzene rings is 1. The lowest BCUT2D eigenvalue weighted by Gasteiger charge is -2.25. The van der Waals surface area contributed by atoms with Gasteiger partial charge >= 0.3 is 0 Å². The quantitative estimate of drug-likeness (QED) is 0.880. The summed E-state index contributed by atoms with van der Waals surface area (Å²) in [6.07, 6.45) is 0. The van der Waals surface area contributed by atoms with Gasteiger partial charge in [-0.25, -0.2) is 4.21 Å². The van der Waals surface area contributed by atoms with Crippen molar-refractivity contribution in [3.05, 3.63) is 29.8 Å². The van der Waals surface area contributed by atoms with Crippen LogP contribution in [-0.2, 0) is 9.73 Å². The molecule has 1 aliphatic rings. The number of halogens is 2. The van der Waals surface area contributed by atoms with Gasteiger partial charge in [-0.2, -0.15) is 0 Å². The highest BCUT2D eigenvalue weighted by molar-refractivity contribution is 7.92. The Kier molecular flexibility index (Phi) is 6.99. The van der Waals surface area contributed by atoms with Crippen molar-refractivity contribution in [3.63, 3.8) is 0 Å². The molecule has 0 saturated carbocycles. The molecule has 2 atom stereocenters. The van der Waals surface area contributed by atoms with E-state index in [1.54, 1.807) is 7.11 Å². The van der Waals surface area contributed by atoms with Gasteiger partial charge in [-0.15, -0.1) is 24.8 Å². The third-order valence-electron chi connectivity index (χ3n) is 2.78. The molecule has 0 bridgehead atoms. The lowest BCUT2D eigenvalue weighted by atomic mass is 10.1. The fraction of sp³-hybridized carbons (Fsp3) is 0.455. The summed E-state index contributed by atoms with van der Waals surface area (Å²) in [5, 5.41) is 3.29. The molecule has 1 aliphatic heterocycles. The number of rotatable bonds is 2. The summed E-state index contributed by atoms with van der Waals surface area (Å²) < 4.78 is 24.4. The predicted molar refractivity (Wildman–Crippen MR) is 78.8 cm³/mol. The molecule has 0 spiro atoms. The number of methoxy groups -OCH3 is 1. The Labute approximate surface area is 120 Å². The highest BCUT2D eigenvalue weighted by Crippen LogP contribution is 2.21. The minimum absolute atomic E-state index is 0. The first-order valence-electron chi connectivity index (χ1n) is 5.22. The van der Waals surface area contributed by atoms with Crippen LogP contribution in [-0.4, -0.2) is 29.4 Å². The van der Waals surface area contributed by atoms with Gasteiger partial charge in [0.05, 0.1) is 12.9 Å². The van der Waals surface area contributed by atoms with E-state index in [-0.39, 0.29) is 30.9 Å². The zero-order valence-electron chi connectivity index (χ0n) is 10.0. The fourth-order valence-corrected chi connectivity index (χ4v) is 3.32. The van der Waals surface area contributed by atoms with Gasteiger partial charge in [0.2, 0.25) is 0 Å². The number of hydrogen-bond donors (Lipinski definition) is 2. The first kappa shape index (κ1) is 17.5. The number of nitrogens with one attached hydrogen (secondary N) is 2. The molecule has 0 aromatic heterocycles. The lowest BCUT2D eigenvalue weighted by molar-refractivity contribution is 0.414. The van der Waals surface area contributed by atoms with Crippen molar-refractivity contribution in [3.8, 4) is 5.75 Å². The molecule has 1 aromatic carbocycles. The molecule has 0 aliphatic carbocycles. The molecular weight excluding hydrogens is 295 g/mol. The predicted octanol–water partition coefficient (Wildman–Crippen LogP) is 2.23. The third-order valence-corrected chi connectivity index (χ3v) is 4.51. The topological polar surface area (TPSA) is 62.2 Å². The van der Waals surface area contributed by atoms with Crippen LogP contribution in [0.5, 0.6) is 5.75 Å². The van der Waals surface area contributed by atoms with Crippen molar-refractivity contribution < 1.29 is 8.95 Å². The average molecular weight is 313 g/mol. The van der Waals surface area contributed by atoms with Crippen LogP contribution in [0.3, 0.4) is 0 Å². The Bertz CT molecular complexity index is 462. The normalized spacial score (nSPS) is 26.6. The molecule has 18 heavy (non-hydrogen) atoms. The molecule has 1 heterocycles. The molecular formula is C11H18Cl2N2O2S. The molecule has 1 aromatic rings. The van der Waals surface area contributed by atoms with Crippen LogP contribution in [0, 0.1) is 4.78 Å². The van der Waals surface area contributed by atoms with E-state index < -0.39 is 9.73 Å². The second kappa shape index (κ2) is 7.19. The van der Waals surface area contributed by atoms with Crippen LogP contribution in [0.2, 0.25) is 0 Å². The van der Waals surface area contributed by atoms with Crippen molar-refractivity contribution in [1.82, 2.24) is 5.32 Å². The van der Waals surface area contributed by atoms with Crippen LogP contribution >= 0.6 is 24.8 Å². The van der Waals surface area contributed by atoms with Crippen LogP contribution < -0.4 is 10.1 Å². The van der Waals surface area contributed by atoms with E-state index in [9.17, 15) is 4.21 Å². The minimum atomic E-state index is -2.39. The summed E-state index contributed by atoms with van der Waals surface area (Å²) in [7, 11) is -0.760. The molecule has 2 unspecified atom stereocenters. The summed E-state index contributed by atoms with van der Waals surface area (Å²) in [6.45, 7) is 0.652. The second-order valence-corrected chi connectivity index (χ2v) is 6.33. The lowest BCUT2D eigenvalue weighted by Crippen LogP contribution is -2.38. The average Bonchev–Trinajstić information content (AvgIpc) is 2.28. The van der Waals surface area contributed by atoms with E-state index in [2.05, 4.69) is 5.32 Å². The Balaban J connectivity index is 0.00000144. The molecule has 104 valence electrons. The highest BCUT2D eigenvalue weighted by atomic mass is 35.5. The van der Waals surface area contributed by atoms with Gasteiger partial charge in [-0.1, -0.05) is 12.1 Å². The van der Waals surface area contributed by atoms with Gasteiger partial charge < -0.3 is 10.1 Å². The molecule has 0 amide bonds. The van der Waals surface area contributed by atoms with Crippen LogP contribution in [0.1, 0.15) is 11.6 Å². The summed E-state index contributed by atoms with van der Waals surface area (Å²) >= 11 is 0. The van der Waals surface area contributed by atoms with Gasteiger partial charge in [-0.3, -0.25) is 4.78 Å². The number of ether oxygens (including phenoxy) is 1. The Morgan fingerprint density at radius 2 is 1.94 bits per heavy atom. The van der Waals surface area contributed by atoms with Gasteiger partial charge in [-0.05, 0) is 17.7 Å². The van der Waals surface area contributed by atoms with Crippen LogP contribution in [0.15, 0.2) is 24.3 Å². The summed E-state index contributed by atoms with van der Waals surface area (Å²) in [5.41, 5.74) is 1.07. The Morgan fingerprint density at radius 3 is 2.44 bits per heavy atom. The monoisotopic (exact) mass is 312 g/mol. The van der Waals surface area contributed by atoms with Crippen molar-refractivity contribution >= 4 is 34.5 Å². The van der Waals surface area contributed by atoms with Gasteiger partial charge in [0.25, 0.3) is 0 Å². The van der Waals surface area contributed by atoms with Crippen molar-refractivity contribution in [2.75, 3.05) is 25.2 Å². The molecule has 1 saturated heterocycles. The fourth-order valence-electron chi connectivity index (χ4n) is 1.86. The zero-order valence-corrected chi connectivity index (χ0v) is 12.5. The van der Waals surface area contributed by atoms with E-state index in [4.69, 9.17) is 9.52 Å². The van der Waals surface area contributed by atoms with E-state index >= 15 is 0 Å². The molecule has 1 fully saturated rings.